The van der Waals surface area contributed by atoms with Gasteiger partial charge in [0.1, 0.15) is 0 Å². The van der Waals surface area contributed by atoms with E-state index in [0.717, 1.165) is 57.1 Å². The van der Waals surface area contributed by atoms with Crippen LogP contribution in [0.2, 0.25) is 0 Å². The minimum Gasteiger partial charge on any atom is -0.380 e. The summed E-state index contributed by atoms with van der Waals surface area (Å²) in [5, 5.41) is 3.72. The van der Waals surface area contributed by atoms with Gasteiger partial charge in [0, 0.05) is 38.8 Å². The van der Waals surface area contributed by atoms with E-state index in [-0.39, 0.29) is 0 Å². The molecule has 1 N–H and O–H groups in total. The Hall–Kier alpha value is -2.37. The van der Waals surface area contributed by atoms with Gasteiger partial charge in [-0.25, -0.2) is 4.98 Å². The van der Waals surface area contributed by atoms with Gasteiger partial charge in [0.2, 0.25) is 5.95 Å². The Kier molecular flexibility index (Phi) is 6.24. The first-order valence-corrected chi connectivity index (χ1v) is 10.4. The first-order valence-electron chi connectivity index (χ1n) is 10.4. The molecule has 1 saturated heterocycles. The van der Waals surface area contributed by atoms with Crippen LogP contribution in [0.25, 0.3) is 11.0 Å². The number of anilines is 1. The maximum absolute atomic E-state index is 5.59. The van der Waals surface area contributed by atoms with Gasteiger partial charge in [-0.2, -0.15) is 0 Å². The molecule has 0 atom stereocenters. The van der Waals surface area contributed by atoms with Crippen molar-refractivity contribution in [2.45, 2.75) is 38.9 Å². The van der Waals surface area contributed by atoms with Crippen molar-refractivity contribution in [1.29, 1.82) is 0 Å². The number of para-hydroxylation sites is 2. The van der Waals surface area contributed by atoms with Gasteiger partial charge < -0.3 is 14.6 Å². The molecule has 148 valence electrons. The lowest BCUT2D eigenvalue weighted by Gasteiger charge is -2.32. The number of rotatable bonds is 8. The molecule has 1 aromatic heterocycles. The highest BCUT2D eigenvalue weighted by Gasteiger charge is 2.21. The molecule has 0 amide bonds. The number of hydrogen-bond acceptors (Lipinski definition) is 4. The summed E-state index contributed by atoms with van der Waals surface area (Å²) in [6, 6.07) is 19.6. The van der Waals surface area contributed by atoms with Crippen molar-refractivity contribution in [3.8, 4) is 0 Å². The first-order chi connectivity index (χ1) is 13.8. The molecule has 0 bridgehead atoms. The average Bonchev–Trinajstić information content (AvgIpc) is 3.08. The van der Waals surface area contributed by atoms with E-state index in [4.69, 9.17) is 9.72 Å². The summed E-state index contributed by atoms with van der Waals surface area (Å²) in [6.07, 6.45) is 2.28. The third-order valence-corrected chi connectivity index (χ3v) is 5.49. The highest BCUT2D eigenvalue weighted by Crippen LogP contribution is 2.23. The normalized spacial score (nSPS) is 15.9. The standard InChI is InChI=1S/C23H30N4O/c1-2-28-17-16-27-22-11-7-6-10-21(22)25-23(27)24-20-12-14-26(15-13-20)18-19-8-4-3-5-9-19/h3-11,20H,2,12-18H2,1H3,(H,24,25). The van der Waals surface area contributed by atoms with Gasteiger partial charge in [-0.05, 0) is 37.5 Å². The van der Waals surface area contributed by atoms with Gasteiger partial charge in [-0.15, -0.1) is 0 Å². The molecular weight excluding hydrogens is 348 g/mol. The molecule has 1 fully saturated rings. The molecule has 2 heterocycles. The maximum atomic E-state index is 5.59. The lowest BCUT2D eigenvalue weighted by molar-refractivity contribution is 0.140. The van der Waals surface area contributed by atoms with Crippen molar-refractivity contribution in [3.63, 3.8) is 0 Å². The summed E-state index contributed by atoms with van der Waals surface area (Å²) in [4.78, 5) is 7.40. The fourth-order valence-electron chi connectivity index (χ4n) is 3.97. The van der Waals surface area contributed by atoms with Crippen LogP contribution in [0.3, 0.4) is 0 Å². The minimum absolute atomic E-state index is 0.467. The molecular formula is C23H30N4O. The van der Waals surface area contributed by atoms with E-state index >= 15 is 0 Å². The van der Waals surface area contributed by atoms with E-state index in [1.54, 1.807) is 0 Å². The summed E-state index contributed by atoms with van der Waals surface area (Å²) < 4.78 is 7.85. The van der Waals surface area contributed by atoms with E-state index in [1.807, 2.05) is 13.0 Å². The number of likely N-dealkylation sites (tertiary alicyclic amines) is 1. The van der Waals surface area contributed by atoms with Crippen LogP contribution in [-0.4, -0.2) is 46.8 Å². The molecule has 0 radical (unpaired) electrons. The van der Waals surface area contributed by atoms with Crippen molar-refractivity contribution in [1.82, 2.24) is 14.5 Å². The molecule has 5 heteroatoms. The fraction of sp³-hybridized carbons (Fsp3) is 0.435. The minimum atomic E-state index is 0.467. The van der Waals surface area contributed by atoms with Crippen LogP contribution in [0.5, 0.6) is 0 Å². The van der Waals surface area contributed by atoms with Crippen molar-refractivity contribution < 1.29 is 4.74 Å². The van der Waals surface area contributed by atoms with Crippen LogP contribution in [0, 0.1) is 0 Å². The summed E-state index contributed by atoms with van der Waals surface area (Å²) in [6.45, 7) is 7.59. The number of piperidine rings is 1. The molecule has 2 aromatic carbocycles. The Balaban J connectivity index is 1.39. The molecule has 28 heavy (non-hydrogen) atoms. The zero-order valence-corrected chi connectivity index (χ0v) is 16.7. The first kappa shape index (κ1) is 19.0. The predicted molar refractivity (Wildman–Crippen MR) is 115 cm³/mol. The third kappa shape index (κ3) is 4.54. The largest absolute Gasteiger partial charge is 0.380 e. The molecule has 3 aromatic rings. The number of benzene rings is 2. The lowest BCUT2D eigenvalue weighted by atomic mass is 10.0. The number of nitrogens with one attached hydrogen (secondary N) is 1. The van der Waals surface area contributed by atoms with Crippen LogP contribution in [0.4, 0.5) is 5.95 Å². The number of imidazole rings is 1. The quantitative estimate of drug-likeness (QED) is 0.598. The third-order valence-electron chi connectivity index (χ3n) is 5.49. The Morgan fingerprint density at radius 3 is 2.57 bits per heavy atom. The van der Waals surface area contributed by atoms with Gasteiger partial charge in [0.25, 0.3) is 0 Å². The highest BCUT2D eigenvalue weighted by molar-refractivity contribution is 5.78. The molecule has 4 rings (SSSR count). The van der Waals surface area contributed by atoms with Gasteiger partial charge in [-0.1, -0.05) is 42.5 Å². The van der Waals surface area contributed by atoms with Crippen LogP contribution < -0.4 is 5.32 Å². The average molecular weight is 379 g/mol. The molecule has 1 aliphatic heterocycles. The molecule has 1 aliphatic rings. The monoisotopic (exact) mass is 378 g/mol. The van der Waals surface area contributed by atoms with Crippen molar-refractivity contribution >= 4 is 17.0 Å². The summed E-state index contributed by atoms with van der Waals surface area (Å²) in [5.74, 6) is 0.974. The summed E-state index contributed by atoms with van der Waals surface area (Å²) in [7, 11) is 0. The second-order valence-electron chi connectivity index (χ2n) is 7.45. The Labute approximate surface area is 167 Å². The van der Waals surface area contributed by atoms with Crippen molar-refractivity contribution in [2.75, 3.05) is 31.6 Å². The van der Waals surface area contributed by atoms with Crippen molar-refractivity contribution in [2.24, 2.45) is 0 Å². The molecule has 5 nitrogen and oxygen atoms in total. The number of ether oxygens (including phenoxy) is 1. The predicted octanol–water partition coefficient (Wildman–Crippen LogP) is 4.15. The van der Waals surface area contributed by atoms with Crippen LogP contribution in [-0.2, 0) is 17.8 Å². The Morgan fingerprint density at radius 2 is 1.79 bits per heavy atom. The van der Waals surface area contributed by atoms with Crippen LogP contribution >= 0.6 is 0 Å². The second-order valence-corrected chi connectivity index (χ2v) is 7.45. The lowest BCUT2D eigenvalue weighted by Crippen LogP contribution is -2.39. The van der Waals surface area contributed by atoms with Crippen LogP contribution in [0.15, 0.2) is 54.6 Å². The number of hydrogen-bond donors (Lipinski definition) is 1. The van der Waals surface area contributed by atoms with E-state index in [1.165, 1.54) is 11.1 Å². The van der Waals surface area contributed by atoms with Crippen LogP contribution in [0.1, 0.15) is 25.3 Å². The van der Waals surface area contributed by atoms with Gasteiger partial charge in [-0.3, -0.25) is 4.90 Å². The fourth-order valence-corrected chi connectivity index (χ4v) is 3.97. The van der Waals surface area contributed by atoms with E-state index in [9.17, 15) is 0 Å². The van der Waals surface area contributed by atoms with E-state index in [2.05, 4.69) is 63.3 Å². The molecule has 0 aliphatic carbocycles. The summed E-state index contributed by atoms with van der Waals surface area (Å²) >= 11 is 0. The number of fused-ring (bicyclic) bond motifs is 1. The van der Waals surface area contributed by atoms with Gasteiger partial charge in [0.15, 0.2) is 0 Å². The van der Waals surface area contributed by atoms with Crippen molar-refractivity contribution in [3.05, 3.63) is 60.2 Å². The van der Waals surface area contributed by atoms with Gasteiger partial charge >= 0.3 is 0 Å². The highest BCUT2D eigenvalue weighted by atomic mass is 16.5. The topological polar surface area (TPSA) is 42.3 Å². The van der Waals surface area contributed by atoms with E-state index < -0.39 is 0 Å². The maximum Gasteiger partial charge on any atom is 0.204 e. The zero-order valence-electron chi connectivity index (χ0n) is 16.7. The molecule has 0 unspecified atom stereocenters. The Bertz CT molecular complexity index is 869. The SMILES string of the molecule is CCOCCn1c(NC2CCN(Cc3ccccc3)CC2)nc2ccccc21. The van der Waals surface area contributed by atoms with Gasteiger partial charge in [0.05, 0.1) is 17.6 Å². The second kappa shape index (κ2) is 9.22. The number of nitrogens with zero attached hydrogens (tertiary/aromatic N) is 3. The zero-order chi connectivity index (χ0) is 19.2. The number of aromatic nitrogens is 2. The molecule has 0 spiro atoms. The summed E-state index contributed by atoms with van der Waals surface area (Å²) in [5.41, 5.74) is 3.61. The van der Waals surface area contributed by atoms with E-state index in [0.29, 0.717) is 12.6 Å². The smallest absolute Gasteiger partial charge is 0.204 e. The molecule has 0 saturated carbocycles. The Morgan fingerprint density at radius 1 is 1.04 bits per heavy atom.